The summed E-state index contributed by atoms with van der Waals surface area (Å²) in [7, 11) is 0. The van der Waals surface area contributed by atoms with Crippen LogP contribution in [0.1, 0.15) is 33.6 Å². The predicted molar refractivity (Wildman–Crippen MR) is 64.0 cm³/mol. The number of carbonyl (C=O) groups is 1. The van der Waals surface area contributed by atoms with Crippen LogP contribution in [-0.4, -0.2) is 45.6 Å². The summed E-state index contributed by atoms with van der Waals surface area (Å²) < 4.78 is 0. The standard InChI is InChI=1S/C11H21NO2S/c1-8(13)4-5-11(14)12-6-7-15-10(3)9(12)2/h8-10,13H,4-7H2,1-3H3. The Morgan fingerprint density at radius 3 is 2.87 bits per heavy atom. The molecule has 1 heterocycles. The van der Waals surface area contributed by atoms with Gasteiger partial charge < -0.3 is 10.0 Å². The van der Waals surface area contributed by atoms with Gasteiger partial charge in [-0.3, -0.25) is 4.79 Å². The lowest BCUT2D eigenvalue weighted by molar-refractivity contribution is -0.133. The van der Waals surface area contributed by atoms with Crippen molar-refractivity contribution < 1.29 is 9.90 Å². The van der Waals surface area contributed by atoms with Gasteiger partial charge in [-0.05, 0) is 20.3 Å². The Labute approximate surface area is 96.2 Å². The van der Waals surface area contributed by atoms with E-state index in [0.29, 0.717) is 24.1 Å². The Morgan fingerprint density at radius 1 is 1.60 bits per heavy atom. The summed E-state index contributed by atoms with van der Waals surface area (Å²) in [6, 6.07) is 0.324. The highest BCUT2D eigenvalue weighted by Crippen LogP contribution is 2.24. The first-order chi connectivity index (χ1) is 7.02. The Kier molecular flexibility index (Phi) is 4.93. The lowest BCUT2D eigenvalue weighted by Crippen LogP contribution is -2.48. The van der Waals surface area contributed by atoms with Gasteiger partial charge in [0.25, 0.3) is 0 Å². The number of rotatable bonds is 3. The van der Waals surface area contributed by atoms with Crippen molar-refractivity contribution in [2.75, 3.05) is 12.3 Å². The number of thioether (sulfide) groups is 1. The minimum absolute atomic E-state index is 0.190. The van der Waals surface area contributed by atoms with Crippen molar-refractivity contribution in [2.24, 2.45) is 0 Å². The molecule has 0 spiro atoms. The maximum atomic E-state index is 11.9. The molecular weight excluding hydrogens is 210 g/mol. The highest BCUT2D eigenvalue weighted by atomic mass is 32.2. The van der Waals surface area contributed by atoms with E-state index in [1.54, 1.807) is 6.92 Å². The number of nitrogens with zero attached hydrogens (tertiary/aromatic N) is 1. The van der Waals surface area contributed by atoms with Crippen LogP contribution in [0.4, 0.5) is 0 Å². The molecule has 0 aromatic carbocycles. The van der Waals surface area contributed by atoms with Crippen LogP contribution in [0.3, 0.4) is 0 Å². The maximum Gasteiger partial charge on any atom is 0.222 e. The average molecular weight is 231 g/mol. The molecule has 0 aromatic heterocycles. The third kappa shape index (κ3) is 3.68. The summed E-state index contributed by atoms with van der Waals surface area (Å²) in [5.41, 5.74) is 0. The van der Waals surface area contributed by atoms with Crippen LogP contribution in [0.25, 0.3) is 0 Å². The molecule has 0 aromatic rings. The van der Waals surface area contributed by atoms with E-state index in [2.05, 4.69) is 13.8 Å². The van der Waals surface area contributed by atoms with Crippen LogP contribution in [0.2, 0.25) is 0 Å². The van der Waals surface area contributed by atoms with Crippen molar-refractivity contribution >= 4 is 17.7 Å². The first kappa shape index (κ1) is 12.8. The van der Waals surface area contributed by atoms with E-state index in [0.717, 1.165) is 12.3 Å². The van der Waals surface area contributed by atoms with E-state index >= 15 is 0 Å². The molecule has 3 nitrogen and oxygen atoms in total. The topological polar surface area (TPSA) is 40.5 Å². The van der Waals surface area contributed by atoms with Crippen molar-refractivity contribution in [1.82, 2.24) is 4.90 Å². The van der Waals surface area contributed by atoms with Gasteiger partial charge in [0.2, 0.25) is 5.91 Å². The lowest BCUT2D eigenvalue weighted by atomic mass is 10.1. The van der Waals surface area contributed by atoms with E-state index in [9.17, 15) is 4.79 Å². The van der Waals surface area contributed by atoms with Gasteiger partial charge in [-0.25, -0.2) is 0 Å². The van der Waals surface area contributed by atoms with Crippen molar-refractivity contribution in [1.29, 1.82) is 0 Å². The summed E-state index contributed by atoms with van der Waals surface area (Å²) in [6.45, 7) is 6.86. The number of aliphatic hydroxyl groups excluding tert-OH is 1. The van der Waals surface area contributed by atoms with Crippen LogP contribution in [0.15, 0.2) is 0 Å². The first-order valence-corrected chi connectivity index (χ1v) is 6.66. The second kappa shape index (κ2) is 5.75. The Bertz CT molecular complexity index is 221. The second-order valence-corrected chi connectivity index (χ2v) is 5.78. The van der Waals surface area contributed by atoms with Crippen molar-refractivity contribution in [2.45, 2.75) is 51.0 Å². The molecule has 3 unspecified atom stereocenters. The van der Waals surface area contributed by atoms with Gasteiger partial charge in [0.05, 0.1) is 6.10 Å². The minimum Gasteiger partial charge on any atom is -0.393 e. The summed E-state index contributed by atoms with van der Waals surface area (Å²) in [5.74, 6) is 1.22. The molecule has 0 radical (unpaired) electrons. The molecule has 0 bridgehead atoms. The van der Waals surface area contributed by atoms with Crippen LogP contribution in [-0.2, 0) is 4.79 Å². The summed E-state index contributed by atoms with van der Waals surface area (Å²) in [6.07, 6.45) is 0.670. The first-order valence-electron chi connectivity index (χ1n) is 5.61. The third-order valence-corrected chi connectivity index (χ3v) is 4.32. The molecule has 0 saturated carbocycles. The predicted octanol–water partition coefficient (Wildman–Crippen LogP) is 1.50. The molecule has 3 atom stereocenters. The maximum absolute atomic E-state index is 11.9. The largest absolute Gasteiger partial charge is 0.393 e. The smallest absolute Gasteiger partial charge is 0.222 e. The number of hydrogen-bond donors (Lipinski definition) is 1. The summed E-state index contributed by atoms with van der Waals surface area (Å²) in [4.78, 5) is 13.8. The second-order valence-electron chi connectivity index (χ2n) is 4.29. The summed E-state index contributed by atoms with van der Waals surface area (Å²) >= 11 is 1.93. The van der Waals surface area contributed by atoms with Crippen molar-refractivity contribution in [3.8, 4) is 0 Å². The van der Waals surface area contributed by atoms with E-state index in [1.807, 2.05) is 16.7 Å². The molecular formula is C11H21NO2S. The van der Waals surface area contributed by atoms with Gasteiger partial charge in [-0.1, -0.05) is 6.92 Å². The van der Waals surface area contributed by atoms with Gasteiger partial charge in [0, 0.05) is 30.0 Å². The Balaban J connectivity index is 2.43. The van der Waals surface area contributed by atoms with E-state index in [-0.39, 0.29) is 12.0 Å². The van der Waals surface area contributed by atoms with E-state index in [4.69, 9.17) is 5.11 Å². The zero-order valence-electron chi connectivity index (χ0n) is 9.77. The number of amides is 1. The molecule has 1 aliphatic heterocycles. The molecule has 1 aliphatic rings. The zero-order chi connectivity index (χ0) is 11.4. The Morgan fingerprint density at radius 2 is 2.27 bits per heavy atom. The van der Waals surface area contributed by atoms with E-state index < -0.39 is 0 Å². The van der Waals surface area contributed by atoms with Gasteiger partial charge in [-0.15, -0.1) is 0 Å². The van der Waals surface area contributed by atoms with Gasteiger partial charge in [0.1, 0.15) is 0 Å². The number of aliphatic hydroxyl groups is 1. The molecule has 1 N–H and O–H groups in total. The number of carbonyl (C=O) groups excluding carboxylic acids is 1. The zero-order valence-corrected chi connectivity index (χ0v) is 10.6. The van der Waals surface area contributed by atoms with Crippen LogP contribution in [0.5, 0.6) is 0 Å². The van der Waals surface area contributed by atoms with Gasteiger partial charge in [0.15, 0.2) is 0 Å². The van der Waals surface area contributed by atoms with Crippen LogP contribution < -0.4 is 0 Å². The fourth-order valence-corrected chi connectivity index (χ4v) is 2.86. The fourth-order valence-electron chi connectivity index (χ4n) is 1.76. The molecule has 88 valence electrons. The van der Waals surface area contributed by atoms with Gasteiger partial charge >= 0.3 is 0 Å². The quantitative estimate of drug-likeness (QED) is 0.800. The minimum atomic E-state index is -0.374. The molecule has 1 rings (SSSR count). The van der Waals surface area contributed by atoms with E-state index in [1.165, 1.54) is 0 Å². The highest BCUT2D eigenvalue weighted by molar-refractivity contribution is 8.00. The molecule has 1 amide bonds. The SMILES string of the molecule is CC(O)CCC(=O)N1CCSC(C)C1C. The van der Waals surface area contributed by atoms with Crippen molar-refractivity contribution in [3.63, 3.8) is 0 Å². The molecule has 1 saturated heterocycles. The highest BCUT2D eigenvalue weighted by Gasteiger charge is 2.28. The fraction of sp³-hybridized carbons (Fsp3) is 0.909. The Hall–Kier alpha value is -0.220. The monoisotopic (exact) mass is 231 g/mol. The summed E-state index contributed by atoms with van der Waals surface area (Å²) in [5, 5.41) is 9.67. The molecule has 0 aliphatic carbocycles. The van der Waals surface area contributed by atoms with Crippen molar-refractivity contribution in [3.05, 3.63) is 0 Å². The van der Waals surface area contributed by atoms with Crippen LogP contribution in [0, 0.1) is 0 Å². The van der Waals surface area contributed by atoms with Gasteiger partial charge in [-0.2, -0.15) is 11.8 Å². The normalized spacial score (nSPS) is 28.9. The molecule has 1 fully saturated rings. The molecule has 4 heteroatoms. The third-order valence-electron chi connectivity index (χ3n) is 2.98. The molecule has 15 heavy (non-hydrogen) atoms. The number of hydrogen-bond acceptors (Lipinski definition) is 3. The van der Waals surface area contributed by atoms with Crippen LogP contribution >= 0.6 is 11.8 Å². The lowest BCUT2D eigenvalue weighted by Gasteiger charge is -2.37. The average Bonchev–Trinajstić information content (AvgIpc) is 2.18.